The van der Waals surface area contributed by atoms with Crippen LogP contribution in [-0.4, -0.2) is 28.3 Å². The molecule has 138 valence electrons. The first-order chi connectivity index (χ1) is 13.1. The van der Waals surface area contributed by atoms with Gasteiger partial charge in [-0.2, -0.15) is 0 Å². The Labute approximate surface area is 159 Å². The van der Waals surface area contributed by atoms with E-state index in [2.05, 4.69) is 26.1 Å². The fourth-order valence-electron chi connectivity index (χ4n) is 3.06. The summed E-state index contributed by atoms with van der Waals surface area (Å²) in [5.41, 5.74) is 14.2. The Bertz CT molecular complexity index is 967. The molecule has 1 fully saturated rings. The molecule has 1 saturated heterocycles. The number of thiazole rings is 1. The molecule has 2 amide bonds. The molecule has 0 radical (unpaired) electrons. The summed E-state index contributed by atoms with van der Waals surface area (Å²) in [6, 6.07) is 11.4. The summed E-state index contributed by atoms with van der Waals surface area (Å²) >= 11 is 1.33. The Kier molecular flexibility index (Phi) is 4.71. The van der Waals surface area contributed by atoms with Crippen LogP contribution >= 0.6 is 11.3 Å². The lowest BCUT2D eigenvalue weighted by atomic mass is 9.94. The molecule has 2 atom stereocenters. The molecule has 0 bridgehead atoms. The van der Waals surface area contributed by atoms with Crippen LogP contribution in [0.3, 0.4) is 0 Å². The maximum atomic E-state index is 12.7. The summed E-state index contributed by atoms with van der Waals surface area (Å²) < 4.78 is 0. The van der Waals surface area contributed by atoms with E-state index in [0.29, 0.717) is 23.1 Å². The molecule has 1 aliphatic rings. The molecule has 1 aliphatic heterocycles. The third kappa shape index (κ3) is 3.61. The quantitative estimate of drug-likeness (QED) is 0.459. The van der Waals surface area contributed by atoms with E-state index in [1.165, 1.54) is 11.3 Å². The number of amides is 2. The Morgan fingerprint density at radius 2 is 2.07 bits per heavy atom. The topological polar surface area (TPSA) is 125 Å². The fraction of sp³-hybridized carbons (Fsp3) is 0.167. The lowest BCUT2D eigenvalue weighted by Crippen LogP contribution is -2.29. The van der Waals surface area contributed by atoms with Gasteiger partial charge in [0, 0.05) is 23.7 Å². The first-order valence-electron chi connectivity index (χ1n) is 8.40. The van der Waals surface area contributed by atoms with Gasteiger partial charge in [-0.15, -0.1) is 11.3 Å². The van der Waals surface area contributed by atoms with Crippen LogP contribution in [0, 0.1) is 5.92 Å². The highest BCUT2D eigenvalue weighted by Crippen LogP contribution is 2.28. The molecule has 0 spiro atoms. The second kappa shape index (κ2) is 7.31. The summed E-state index contributed by atoms with van der Waals surface area (Å²) in [6.45, 7) is 0.531. The zero-order chi connectivity index (χ0) is 18.8. The van der Waals surface area contributed by atoms with E-state index >= 15 is 0 Å². The van der Waals surface area contributed by atoms with Crippen LogP contribution in [-0.2, 0) is 4.79 Å². The van der Waals surface area contributed by atoms with Crippen LogP contribution in [0.1, 0.15) is 22.1 Å². The van der Waals surface area contributed by atoms with Gasteiger partial charge in [-0.05, 0) is 11.6 Å². The average Bonchev–Trinajstić information content (AvgIpc) is 3.42. The van der Waals surface area contributed by atoms with Gasteiger partial charge in [-0.1, -0.05) is 30.3 Å². The first-order valence-corrected chi connectivity index (χ1v) is 9.28. The molecule has 3 heterocycles. The van der Waals surface area contributed by atoms with Crippen molar-refractivity contribution in [2.24, 2.45) is 11.7 Å². The molecule has 27 heavy (non-hydrogen) atoms. The molecule has 2 unspecified atom stereocenters. The van der Waals surface area contributed by atoms with Crippen LogP contribution in [0.25, 0.3) is 11.3 Å². The van der Waals surface area contributed by atoms with Crippen molar-refractivity contribution in [3.63, 3.8) is 0 Å². The largest absolute Gasteiger partial charge is 0.364 e. The fourth-order valence-corrected chi connectivity index (χ4v) is 3.79. The van der Waals surface area contributed by atoms with Crippen LogP contribution in [0.5, 0.6) is 0 Å². The molecule has 4 rings (SSSR count). The highest BCUT2D eigenvalue weighted by molar-refractivity contribution is 7.14. The summed E-state index contributed by atoms with van der Waals surface area (Å²) in [6.07, 6.45) is 1.66. The van der Waals surface area contributed by atoms with Crippen molar-refractivity contribution in [1.29, 1.82) is 0 Å². The second-order valence-electron chi connectivity index (χ2n) is 6.21. The van der Waals surface area contributed by atoms with Gasteiger partial charge in [0.1, 0.15) is 5.69 Å². The number of aromatic nitrogens is 2. The number of hydrogen-bond donors (Lipinski definition) is 5. The van der Waals surface area contributed by atoms with Crippen molar-refractivity contribution in [1.82, 2.24) is 20.8 Å². The summed E-state index contributed by atoms with van der Waals surface area (Å²) in [4.78, 5) is 31.2. The maximum Gasteiger partial charge on any atom is 0.265 e. The predicted molar refractivity (Wildman–Crippen MR) is 103 cm³/mol. The number of nitrogens with two attached hydrogens (primary N) is 1. The zero-order valence-electron chi connectivity index (χ0n) is 14.2. The lowest BCUT2D eigenvalue weighted by molar-refractivity contribution is -0.119. The standard InChI is InChI=1S/C18H18N6O2S/c19-16(25)13-6-11(7-20-13)14-9-27-18(22-14)23-17(26)12-8-21-24-15(12)10-4-2-1-3-5-10/h1-7,9,12,15,20-21,24H,8H2,(H2,19,25)(H,22,23,26). The molecule has 2 aromatic heterocycles. The monoisotopic (exact) mass is 382 g/mol. The molecular weight excluding hydrogens is 364 g/mol. The van der Waals surface area contributed by atoms with Gasteiger partial charge in [0.2, 0.25) is 5.91 Å². The van der Waals surface area contributed by atoms with Gasteiger partial charge in [0.05, 0.1) is 17.7 Å². The zero-order valence-corrected chi connectivity index (χ0v) is 15.0. The maximum absolute atomic E-state index is 12.7. The van der Waals surface area contributed by atoms with Gasteiger partial charge in [0.25, 0.3) is 5.91 Å². The van der Waals surface area contributed by atoms with Crippen LogP contribution in [0.2, 0.25) is 0 Å². The molecule has 0 aliphatic carbocycles. The number of anilines is 1. The van der Waals surface area contributed by atoms with E-state index in [1.54, 1.807) is 12.3 Å². The summed E-state index contributed by atoms with van der Waals surface area (Å²) in [7, 11) is 0. The van der Waals surface area contributed by atoms with Gasteiger partial charge in [-0.3, -0.25) is 15.0 Å². The second-order valence-corrected chi connectivity index (χ2v) is 7.07. The van der Waals surface area contributed by atoms with Gasteiger partial charge in [-0.25, -0.2) is 10.4 Å². The van der Waals surface area contributed by atoms with Crippen molar-refractivity contribution in [3.05, 3.63) is 59.2 Å². The highest BCUT2D eigenvalue weighted by Gasteiger charge is 2.34. The Morgan fingerprint density at radius 1 is 1.26 bits per heavy atom. The molecule has 3 aromatic rings. The number of aromatic amines is 1. The van der Waals surface area contributed by atoms with Crippen LogP contribution in [0.4, 0.5) is 5.13 Å². The van der Waals surface area contributed by atoms with E-state index in [4.69, 9.17) is 5.73 Å². The molecule has 0 saturated carbocycles. The minimum absolute atomic E-state index is 0.103. The summed E-state index contributed by atoms with van der Waals surface area (Å²) in [5, 5.41) is 5.22. The summed E-state index contributed by atoms with van der Waals surface area (Å²) in [5.74, 6) is -0.888. The van der Waals surface area contributed by atoms with Gasteiger partial charge < -0.3 is 16.0 Å². The number of hydrazine groups is 1. The predicted octanol–water partition coefficient (Wildman–Crippen LogP) is 1.64. The van der Waals surface area contributed by atoms with E-state index in [-0.39, 0.29) is 17.9 Å². The number of nitrogens with one attached hydrogen (secondary N) is 4. The Hall–Kier alpha value is -3.01. The molecule has 6 N–H and O–H groups in total. The van der Waals surface area contributed by atoms with Crippen molar-refractivity contribution >= 4 is 28.3 Å². The number of carbonyl (C=O) groups excluding carboxylic acids is 2. The van der Waals surface area contributed by atoms with Crippen molar-refractivity contribution in [3.8, 4) is 11.3 Å². The number of carbonyl (C=O) groups is 2. The van der Waals surface area contributed by atoms with Crippen molar-refractivity contribution in [2.45, 2.75) is 6.04 Å². The van der Waals surface area contributed by atoms with Crippen LogP contribution < -0.4 is 21.9 Å². The van der Waals surface area contributed by atoms with Crippen molar-refractivity contribution < 1.29 is 9.59 Å². The third-order valence-electron chi connectivity index (χ3n) is 4.46. The number of H-pyrrole nitrogens is 1. The van der Waals surface area contributed by atoms with Gasteiger partial charge in [0.15, 0.2) is 5.13 Å². The average molecular weight is 382 g/mol. The third-order valence-corrected chi connectivity index (χ3v) is 5.21. The van der Waals surface area contributed by atoms with Crippen LogP contribution in [0.15, 0.2) is 48.0 Å². The molecule has 1 aromatic carbocycles. The number of primary amides is 1. The number of benzene rings is 1. The first kappa shape index (κ1) is 17.4. The molecule has 9 heteroatoms. The Balaban J connectivity index is 1.47. The normalized spacial score (nSPS) is 19.1. The van der Waals surface area contributed by atoms with E-state index in [9.17, 15) is 9.59 Å². The molecular formula is C18H18N6O2S. The Morgan fingerprint density at radius 3 is 2.81 bits per heavy atom. The smallest absolute Gasteiger partial charge is 0.265 e. The number of nitrogens with zero attached hydrogens (tertiary/aromatic N) is 1. The van der Waals surface area contributed by atoms with E-state index in [0.717, 1.165) is 11.1 Å². The number of hydrogen-bond acceptors (Lipinski definition) is 6. The van der Waals surface area contributed by atoms with E-state index < -0.39 is 5.91 Å². The lowest BCUT2D eigenvalue weighted by Gasteiger charge is -2.17. The molecule has 8 nitrogen and oxygen atoms in total. The minimum atomic E-state index is -0.529. The van der Waals surface area contributed by atoms with Crippen molar-refractivity contribution in [2.75, 3.05) is 11.9 Å². The number of rotatable bonds is 5. The minimum Gasteiger partial charge on any atom is -0.364 e. The van der Waals surface area contributed by atoms with E-state index in [1.807, 2.05) is 35.7 Å². The van der Waals surface area contributed by atoms with Gasteiger partial charge >= 0.3 is 0 Å². The highest BCUT2D eigenvalue weighted by atomic mass is 32.1. The SMILES string of the molecule is NC(=O)c1cc(-c2csc(NC(=O)C3CNNC3c3ccccc3)n2)c[nH]1.